The summed E-state index contributed by atoms with van der Waals surface area (Å²) in [5, 5.41) is 37.1. The summed E-state index contributed by atoms with van der Waals surface area (Å²) in [6.07, 6.45) is 14.7. The summed E-state index contributed by atoms with van der Waals surface area (Å²) in [6.45, 7) is 29.7. The van der Waals surface area contributed by atoms with Crippen molar-refractivity contribution in [3.8, 4) is 0 Å². The molecule has 0 bridgehead atoms. The molecule has 3 atom stereocenters. The monoisotopic (exact) mass is 2100 g/mol. The minimum Gasteiger partial charge on any atom is -0.679 e. The zero-order chi connectivity index (χ0) is 77.1. The van der Waals surface area contributed by atoms with Crippen molar-refractivity contribution in [2.75, 3.05) is 78.5 Å². The molecule has 12 rings (SSSR count). The van der Waals surface area contributed by atoms with Gasteiger partial charge in [-0.15, -0.1) is 13.1 Å². The van der Waals surface area contributed by atoms with Crippen molar-refractivity contribution in [1.29, 1.82) is 0 Å². The minimum absolute atomic E-state index is 0. The number of hydrogen-bond donors (Lipinski definition) is 0. The second-order valence-corrected chi connectivity index (χ2v) is 26.5. The fraction of sp³-hybridized carbons (Fsp3) is 0.488. The van der Waals surface area contributed by atoms with E-state index in [9.17, 15) is 16.2 Å². The molecule has 0 amide bonds. The maximum absolute atomic E-state index is 9.84. The standard InChI is InChI=1S/3C21H22N3.C5H12N2.C3H8N2.3C3H8.C2H6N2.3ClH.3Pt.3H2S/c3*1-15(22)24-12-6-7-16(14-24)13-19-17-8-2-4-10-20(17)23-21-11-5-3-9-18(19)21;1-5(2,3-6)4-7;4-2-1-3-5;3*1-3-2;3-1-2-4;;;;;;;;;/h3*2-5,8-11,16H,6-7,12-14H2,1H3;6-7H,3-4H2,1-2H3;4-5H,1-3H2;3*3H2,1-2H3;3-4H,1-2H2;3*1H;;;;3*1H2/q3*-1;2*-2;;;;-2;;;;3*+1;;;/p-3/t3*16-;;;;;;;;;;;;;;;/m111.............../s1. The third-order valence-corrected chi connectivity index (χ3v) is 16.9. The van der Waals surface area contributed by atoms with E-state index in [4.69, 9.17) is 49.4 Å². The van der Waals surface area contributed by atoms with Crippen LogP contribution < -0.4 is 0 Å². The van der Waals surface area contributed by atoms with E-state index in [0.29, 0.717) is 61.4 Å². The van der Waals surface area contributed by atoms with Crippen molar-refractivity contribution >= 4 is 152 Å². The molecule has 106 heavy (non-hydrogen) atoms. The largest absolute Gasteiger partial charge is 0.679 e. The summed E-state index contributed by atoms with van der Waals surface area (Å²) >= 11 is 4.83. The number of hydrogen-bond acceptors (Lipinski definition) is 3. The molecule has 24 heteroatoms. The number of piperidine rings is 3. The molecule has 6 aromatic carbocycles. The fourth-order valence-electron chi connectivity index (χ4n) is 12.0. The van der Waals surface area contributed by atoms with E-state index < -0.39 is 0 Å². The molecule has 0 unspecified atom stereocenters. The Balaban J connectivity index is -0.00000124. The van der Waals surface area contributed by atoms with Crippen molar-refractivity contribution in [1.82, 2.24) is 29.7 Å². The molecule has 6 N–H and O–H groups in total. The third kappa shape index (κ3) is 38.1. The number of halogens is 3. The molecule has 0 radical (unpaired) electrons. The van der Waals surface area contributed by atoms with Gasteiger partial charge in [-0.2, -0.15) is 66.7 Å². The van der Waals surface area contributed by atoms with Crippen LogP contribution in [0.15, 0.2) is 146 Å². The van der Waals surface area contributed by atoms with E-state index in [-0.39, 0.29) is 59.0 Å². The summed E-state index contributed by atoms with van der Waals surface area (Å²) < 4.78 is 0. The van der Waals surface area contributed by atoms with Crippen molar-refractivity contribution in [2.24, 2.45) is 23.2 Å². The van der Waals surface area contributed by atoms with E-state index in [1.807, 2.05) is 13.8 Å². The smallest absolute Gasteiger partial charge is 0.0916 e. The Morgan fingerprint density at radius 3 is 0.708 bits per heavy atom. The topological polar surface area (TPSA) is 258 Å². The fourth-order valence-corrected chi connectivity index (χ4v) is 12.0. The van der Waals surface area contributed by atoms with Crippen molar-refractivity contribution < 1.29 is 56.3 Å². The molecule has 0 spiro atoms. The maximum Gasteiger partial charge on any atom is -0.0916 e. The van der Waals surface area contributed by atoms with Crippen LogP contribution in [0.5, 0.6) is 0 Å². The van der Waals surface area contributed by atoms with E-state index in [1.165, 1.54) is 87.5 Å². The van der Waals surface area contributed by atoms with Crippen LogP contribution >= 0.6 is 68.7 Å². The molecule has 9 aromatic rings. The van der Waals surface area contributed by atoms with Gasteiger partial charge in [-0.05, 0) is 131 Å². The molecule has 3 fully saturated rings. The number of para-hydroxylation sites is 6. The Hall–Kier alpha value is -3.52. The van der Waals surface area contributed by atoms with Gasteiger partial charge in [0.25, 0.3) is 0 Å². The minimum atomic E-state index is -0.0833. The van der Waals surface area contributed by atoms with E-state index in [0.717, 1.165) is 117 Å². The molecule has 3 saturated heterocycles. The van der Waals surface area contributed by atoms with Gasteiger partial charge in [-0.3, -0.25) is 0 Å². The van der Waals surface area contributed by atoms with Crippen LogP contribution in [-0.4, -0.2) is 126 Å². The molecular weight excluding hydrogens is 1980 g/mol. The van der Waals surface area contributed by atoms with Gasteiger partial charge in [-0.25, -0.2) is 15.0 Å². The van der Waals surface area contributed by atoms with E-state index in [2.05, 4.69) is 230 Å². The Morgan fingerprint density at radius 1 is 0.377 bits per heavy atom. The van der Waals surface area contributed by atoms with Gasteiger partial charge in [0.2, 0.25) is 0 Å². The molecule has 3 aliphatic heterocycles. The molecule has 3 aromatic heterocycles. The number of nitrogens with one attached hydrogen (secondary N) is 6. The summed E-state index contributed by atoms with van der Waals surface area (Å²) in [5.74, 6) is 3.04. The first-order chi connectivity index (χ1) is 49.9. The molecule has 0 aliphatic carbocycles. The first-order valence-electron chi connectivity index (χ1n) is 36.2. The van der Waals surface area contributed by atoms with Crippen molar-refractivity contribution in [2.45, 2.75) is 160 Å². The Bertz CT molecular complexity index is 3260. The SMILES string of the molecule is CC(=[N-])N1CCC[C@H](Cc2c3ccccc3nc3ccccc23)C1.CC(=[N-])N1CCC[C@H](Cc2c3ccccc3nc3ccccc23)C1.CC(=[N-])N1CCC[C@H](Cc2c3ccccc3nc3ccccc23)C1.CC(C)(C[NH-])C[NH-].CCC.CCC.CCC.S.S.S.[Cl][Pt].[Cl][Pt].[Cl][Pt].[NH-]CCC[NH-].[NH-]CC[NH-]. The molecule has 15 nitrogen and oxygen atoms in total. The Kier molecular flexibility index (Phi) is 64.4. The van der Waals surface area contributed by atoms with Gasteiger partial charge in [-0.1, -0.05) is 271 Å². The number of fused-ring (bicyclic) bond motifs is 6. The number of benzene rings is 6. The van der Waals surface area contributed by atoms with Gasteiger partial charge in [0.15, 0.2) is 0 Å². The summed E-state index contributed by atoms with van der Waals surface area (Å²) in [5.41, 5.74) is 49.8. The van der Waals surface area contributed by atoms with Crippen LogP contribution in [0, 0.1) is 23.2 Å². The molecular formula is C82H122Cl3N15Pt3S3-9. The number of rotatable bonds is 11. The van der Waals surface area contributed by atoms with Crippen LogP contribution in [0.25, 0.3) is 116 Å². The number of likely N-dealkylation sites (tertiary alicyclic amines) is 3. The van der Waals surface area contributed by atoms with Gasteiger partial charge >= 0.3 is 84.6 Å². The van der Waals surface area contributed by atoms with Crippen LogP contribution in [0.1, 0.15) is 157 Å². The molecule has 603 valence electrons. The summed E-state index contributed by atoms with van der Waals surface area (Å²) in [7, 11) is 13.8. The predicted molar refractivity (Wildman–Crippen MR) is 474 cm³/mol. The average molecular weight is 2110 g/mol. The third-order valence-electron chi connectivity index (χ3n) is 16.9. The normalized spacial score (nSPS) is 14.5. The first kappa shape index (κ1) is 107. The van der Waals surface area contributed by atoms with E-state index in [1.54, 1.807) is 77.1 Å². The van der Waals surface area contributed by atoms with Gasteiger partial charge in [0, 0.05) is 32.3 Å². The van der Waals surface area contributed by atoms with Crippen LogP contribution in [0.4, 0.5) is 0 Å². The number of aromatic nitrogens is 3. The maximum atomic E-state index is 9.84. The summed E-state index contributed by atoms with van der Waals surface area (Å²) in [4.78, 5) is 20.8. The summed E-state index contributed by atoms with van der Waals surface area (Å²) in [6, 6.07) is 50.7. The Labute approximate surface area is 705 Å². The van der Waals surface area contributed by atoms with Crippen LogP contribution in [-0.2, 0) is 75.6 Å². The zero-order valence-electron chi connectivity index (χ0n) is 64.4. The average Bonchev–Trinajstić information content (AvgIpc) is 0.789. The predicted octanol–water partition coefficient (Wildman–Crippen LogP) is 25.2. The Morgan fingerprint density at radius 2 is 0.566 bits per heavy atom. The second kappa shape index (κ2) is 64.1. The molecule has 3 aliphatic rings. The van der Waals surface area contributed by atoms with Gasteiger partial charge in [0.1, 0.15) is 0 Å². The zero-order valence-corrected chi connectivity index (χ0v) is 76.5. The second-order valence-electron chi connectivity index (χ2n) is 26.5. The van der Waals surface area contributed by atoms with Crippen molar-refractivity contribution in [3.63, 3.8) is 0 Å². The number of amidine groups is 3. The molecule has 0 saturated carbocycles. The molecule has 6 heterocycles. The van der Waals surface area contributed by atoms with Gasteiger partial charge < -0.3 is 65.3 Å². The van der Waals surface area contributed by atoms with Crippen LogP contribution in [0.2, 0.25) is 0 Å². The van der Waals surface area contributed by atoms with Gasteiger partial charge in [0.05, 0.1) is 33.1 Å². The number of pyridine rings is 3. The van der Waals surface area contributed by atoms with E-state index >= 15 is 0 Å². The van der Waals surface area contributed by atoms with Crippen molar-refractivity contribution in [3.05, 3.63) is 213 Å². The first-order valence-corrected chi connectivity index (χ1v) is 44.7. The van der Waals surface area contributed by atoms with Crippen LogP contribution in [0.3, 0.4) is 0 Å². The number of nitrogens with zero attached hydrogens (tertiary/aromatic N) is 9. The quantitative estimate of drug-likeness (QED) is 0.0690.